The maximum absolute atomic E-state index is 11.8. The predicted octanol–water partition coefficient (Wildman–Crippen LogP) is 2.21. The number of amides is 1. The number of hydrogen-bond acceptors (Lipinski definition) is 3. The number of carbonyl (C=O) groups excluding carboxylic acids is 1. The number of carbonyl (C=O) groups is 2. The van der Waals surface area contributed by atoms with Gasteiger partial charge in [-0.3, -0.25) is 4.79 Å². The van der Waals surface area contributed by atoms with E-state index in [2.05, 4.69) is 5.32 Å². The van der Waals surface area contributed by atoms with Gasteiger partial charge in [0.2, 0.25) is 0 Å². The quantitative estimate of drug-likeness (QED) is 0.865. The molecule has 0 unspecified atom stereocenters. The van der Waals surface area contributed by atoms with Crippen LogP contribution in [-0.2, 0) is 4.79 Å². The molecule has 0 bridgehead atoms. The van der Waals surface area contributed by atoms with Crippen molar-refractivity contribution in [1.29, 1.82) is 0 Å². The van der Waals surface area contributed by atoms with Crippen molar-refractivity contribution in [2.24, 2.45) is 0 Å². The molecule has 1 aromatic rings. The van der Waals surface area contributed by atoms with E-state index in [1.165, 1.54) is 12.5 Å². The Bertz CT molecular complexity index is 481. The summed E-state index contributed by atoms with van der Waals surface area (Å²) >= 11 is 0. The molecule has 5 heteroatoms. The minimum atomic E-state index is -1.06. The molecular formula is C15H19NO4. The molecule has 1 aliphatic carbocycles. The number of hydrogen-bond donors (Lipinski definition) is 2. The first-order valence-electron chi connectivity index (χ1n) is 6.91. The van der Waals surface area contributed by atoms with Crippen LogP contribution in [0.15, 0.2) is 24.3 Å². The fraction of sp³-hybridized carbons (Fsp3) is 0.467. The third-order valence-electron chi connectivity index (χ3n) is 3.45. The van der Waals surface area contributed by atoms with Crippen LogP contribution >= 0.6 is 0 Å². The van der Waals surface area contributed by atoms with Gasteiger partial charge in [-0.1, -0.05) is 31.4 Å². The third-order valence-corrected chi connectivity index (χ3v) is 3.45. The normalized spacial score (nSPS) is 15.6. The van der Waals surface area contributed by atoms with Gasteiger partial charge in [0, 0.05) is 6.04 Å². The first-order chi connectivity index (χ1) is 9.66. The smallest absolute Gasteiger partial charge is 0.339 e. The van der Waals surface area contributed by atoms with E-state index < -0.39 is 5.97 Å². The fourth-order valence-electron chi connectivity index (χ4n) is 2.43. The zero-order valence-corrected chi connectivity index (χ0v) is 11.3. The summed E-state index contributed by atoms with van der Waals surface area (Å²) in [6.07, 6.45) is 5.55. The molecule has 108 valence electrons. The number of rotatable bonds is 5. The SMILES string of the molecule is O=C(COc1ccccc1C(=O)O)NC1CCCCC1. The molecule has 2 N–H and O–H groups in total. The Labute approximate surface area is 117 Å². The summed E-state index contributed by atoms with van der Waals surface area (Å²) in [6, 6.07) is 6.54. The van der Waals surface area contributed by atoms with E-state index in [9.17, 15) is 9.59 Å². The minimum Gasteiger partial charge on any atom is -0.483 e. The van der Waals surface area contributed by atoms with Crippen molar-refractivity contribution < 1.29 is 19.4 Å². The predicted molar refractivity (Wildman–Crippen MR) is 73.9 cm³/mol. The first kappa shape index (κ1) is 14.4. The van der Waals surface area contributed by atoms with Crippen LogP contribution in [0.5, 0.6) is 5.75 Å². The molecule has 0 aliphatic heterocycles. The lowest BCUT2D eigenvalue weighted by Gasteiger charge is -2.22. The monoisotopic (exact) mass is 277 g/mol. The van der Waals surface area contributed by atoms with Gasteiger partial charge in [0.15, 0.2) is 6.61 Å². The Hall–Kier alpha value is -2.04. The number of nitrogens with one attached hydrogen (secondary N) is 1. The first-order valence-corrected chi connectivity index (χ1v) is 6.91. The van der Waals surface area contributed by atoms with E-state index in [-0.39, 0.29) is 29.9 Å². The summed E-state index contributed by atoms with van der Waals surface area (Å²) in [5, 5.41) is 11.9. The number of ether oxygens (including phenoxy) is 1. The molecule has 1 fully saturated rings. The largest absolute Gasteiger partial charge is 0.483 e. The van der Waals surface area contributed by atoms with Crippen LogP contribution in [0, 0.1) is 0 Å². The lowest BCUT2D eigenvalue weighted by Crippen LogP contribution is -2.39. The Morgan fingerprint density at radius 3 is 2.60 bits per heavy atom. The molecular weight excluding hydrogens is 258 g/mol. The highest BCUT2D eigenvalue weighted by molar-refractivity contribution is 5.91. The molecule has 0 radical (unpaired) electrons. The molecule has 2 rings (SSSR count). The Kier molecular flexibility index (Phi) is 4.98. The number of benzene rings is 1. The van der Waals surface area contributed by atoms with Crippen molar-refractivity contribution in [2.75, 3.05) is 6.61 Å². The molecule has 0 spiro atoms. The van der Waals surface area contributed by atoms with Gasteiger partial charge < -0.3 is 15.2 Å². The zero-order chi connectivity index (χ0) is 14.4. The number of carboxylic acids is 1. The maximum atomic E-state index is 11.8. The van der Waals surface area contributed by atoms with Crippen LogP contribution in [0.4, 0.5) is 0 Å². The highest BCUT2D eigenvalue weighted by Crippen LogP contribution is 2.19. The van der Waals surface area contributed by atoms with E-state index in [1.807, 2.05) is 0 Å². The number of aromatic carboxylic acids is 1. The molecule has 5 nitrogen and oxygen atoms in total. The molecule has 20 heavy (non-hydrogen) atoms. The van der Waals surface area contributed by atoms with Gasteiger partial charge >= 0.3 is 5.97 Å². The highest BCUT2D eigenvalue weighted by Gasteiger charge is 2.17. The minimum absolute atomic E-state index is 0.0676. The third kappa shape index (κ3) is 3.98. The van der Waals surface area contributed by atoms with Crippen molar-refractivity contribution in [3.63, 3.8) is 0 Å². The summed E-state index contributed by atoms with van der Waals surface area (Å²) in [5.41, 5.74) is 0.0676. The summed E-state index contributed by atoms with van der Waals surface area (Å²) in [5.74, 6) is -1.04. The number of para-hydroxylation sites is 1. The van der Waals surface area contributed by atoms with Gasteiger partial charge in [-0.05, 0) is 25.0 Å². The van der Waals surface area contributed by atoms with Crippen LogP contribution in [0.25, 0.3) is 0 Å². The van der Waals surface area contributed by atoms with Gasteiger partial charge in [-0.25, -0.2) is 4.79 Å². The topological polar surface area (TPSA) is 75.6 Å². The molecule has 0 heterocycles. The van der Waals surface area contributed by atoms with Crippen LogP contribution < -0.4 is 10.1 Å². The average Bonchev–Trinajstić information content (AvgIpc) is 2.46. The standard InChI is InChI=1S/C15H19NO4/c17-14(16-11-6-2-1-3-7-11)10-20-13-9-5-4-8-12(13)15(18)19/h4-5,8-9,11H,1-3,6-7,10H2,(H,16,17)(H,18,19). The summed E-state index contributed by atoms with van der Waals surface area (Å²) in [6.45, 7) is -0.152. The lowest BCUT2D eigenvalue weighted by molar-refractivity contribution is -0.124. The summed E-state index contributed by atoms with van der Waals surface area (Å²) in [4.78, 5) is 22.8. The van der Waals surface area contributed by atoms with E-state index in [0.29, 0.717) is 0 Å². The van der Waals surface area contributed by atoms with Gasteiger partial charge in [0.1, 0.15) is 11.3 Å². The van der Waals surface area contributed by atoms with Gasteiger partial charge in [-0.2, -0.15) is 0 Å². The molecule has 0 saturated heterocycles. The fourth-order valence-corrected chi connectivity index (χ4v) is 2.43. The lowest BCUT2D eigenvalue weighted by atomic mass is 9.95. The van der Waals surface area contributed by atoms with Crippen LogP contribution in [-0.4, -0.2) is 29.6 Å². The second kappa shape index (κ2) is 6.93. The molecule has 1 aliphatic rings. The molecule has 0 aromatic heterocycles. The molecule has 0 atom stereocenters. The van der Waals surface area contributed by atoms with Crippen molar-refractivity contribution >= 4 is 11.9 Å². The van der Waals surface area contributed by atoms with Crippen molar-refractivity contribution in [3.05, 3.63) is 29.8 Å². The Balaban J connectivity index is 1.85. The van der Waals surface area contributed by atoms with Crippen molar-refractivity contribution in [2.45, 2.75) is 38.1 Å². The maximum Gasteiger partial charge on any atom is 0.339 e. The Morgan fingerprint density at radius 2 is 1.90 bits per heavy atom. The van der Waals surface area contributed by atoms with Gasteiger partial charge in [-0.15, -0.1) is 0 Å². The second-order valence-corrected chi connectivity index (χ2v) is 4.99. The van der Waals surface area contributed by atoms with Crippen LogP contribution in [0.1, 0.15) is 42.5 Å². The molecule has 1 amide bonds. The second-order valence-electron chi connectivity index (χ2n) is 4.99. The zero-order valence-electron chi connectivity index (χ0n) is 11.3. The van der Waals surface area contributed by atoms with E-state index in [4.69, 9.17) is 9.84 Å². The summed E-state index contributed by atoms with van der Waals surface area (Å²) < 4.78 is 5.31. The van der Waals surface area contributed by atoms with E-state index in [0.717, 1.165) is 25.7 Å². The van der Waals surface area contributed by atoms with Crippen molar-refractivity contribution in [3.8, 4) is 5.75 Å². The van der Waals surface area contributed by atoms with Crippen LogP contribution in [0.2, 0.25) is 0 Å². The van der Waals surface area contributed by atoms with E-state index in [1.54, 1.807) is 18.2 Å². The molecule has 1 aromatic carbocycles. The van der Waals surface area contributed by atoms with Crippen molar-refractivity contribution in [1.82, 2.24) is 5.32 Å². The van der Waals surface area contributed by atoms with Crippen LogP contribution in [0.3, 0.4) is 0 Å². The Morgan fingerprint density at radius 1 is 1.20 bits per heavy atom. The average molecular weight is 277 g/mol. The highest BCUT2D eigenvalue weighted by atomic mass is 16.5. The number of carboxylic acid groups (broad SMARTS) is 1. The summed E-state index contributed by atoms with van der Waals surface area (Å²) in [7, 11) is 0. The van der Waals surface area contributed by atoms with Gasteiger partial charge in [0.05, 0.1) is 0 Å². The van der Waals surface area contributed by atoms with E-state index >= 15 is 0 Å². The van der Waals surface area contributed by atoms with Gasteiger partial charge in [0.25, 0.3) is 5.91 Å². The molecule has 1 saturated carbocycles.